The predicted octanol–water partition coefficient (Wildman–Crippen LogP) is 4.31. The zero-order valence-electron chi connectivity index (χ0n) is 12.4. The van der Waals surface area contributed by atoms with Crippen LogP contribution in [0, 0.1) is 0 Å². The number of hydrogen-bond donors (Lipinski definition) is 1. The van der Waals surface area contributed by atoms with Crippen molar-refractivity contribution in [2.75, 3.05) is 20.3 Å². The number of ether oxygens (including phenoxy) is 2. The van der Waals surface area contributed by atoms with E-state index < -0.39 is 0 Å². The minimum absolute atomic E-state index is 0.450. The molecule has 0 aliphatic heterocycles. The summed E-state index contributed by atoms with van der Waals surface area (Å²) in [6.07, 6.45) is 0. The molecule has 0 aliphatic rings. The smallest absolute Gasteiger partial charge is 0.124 e. The molecule has 0 atom stereocenters. The van der Waals surface area contributed by atoms with E-state index in [1.54, 1.807) is 13.2 Å². The molecule has 0 heterocycles. The predicted molar refractivity (Wildman–Crippen MR) is 90.8 cm³/mol. The molecular formula is C17H19Cl2NO2. The molecule has 0 spiro atoms. The lowest BCUT2D eigenvalue weighted by Gasteiger charge is -2.12. The second-order valence-electron chi connectivity index (χ2n) is 4.81. The maximum absolute atomic E-state index is 6.02. The SMILES string of the molecule is COCCNCc1ccccc1OCc1ccc(Cl)c(Cl)c1. The van der Waals surface area contributed by atoms with Crippen LogP contribution in [0.4, 0.5) is 0 Å². The van der Waals surface area contributed by atoms with Crippen molar-refractivity contribution in [1.29, 1.82) is 0 Å². The minimum atomic E-state index is 0.450. The summed E-state index contributed by atoms with van der Waals surface area (Å²) < 4.78 is 10.9. The van der Waals surface area contributed by atoms with Crippen molar-refractivity contribution in [3.8, 4) is 5.75 Å². The van der Waals surface area contributed by atoms with Crippen LogP contribution in [0.25, 0.3) is 0 Å². The molecule has 2 rings (SSSR count). The molecule has 0 amide bonds. The quantitative estimate of drug-likeness (QED) is 0.727. The van der Waals surface area contributed by atoms with Gasteiger partial charge in [0.1, 0.15) is 12.4 Å². The van der Waals surface area contributed by atoms with Gasteiger partial charge in [-0.15, -0.1) is 0 Å². The summed E-state index contributed by atoms with van der Waals surface area (Å²) in [6, 6.07) is 13.5. The van der Waals surface area contributed by atoms with Crippen LogP contribution in [0.15, 0.2) is 42.5 Å². The summed E-state index contributed by atoms with van der Waals surface area (Å²) in [4.78, 5) is 0. The normalized spacial score (nSPS) is 10.7. The molecule has 118 valence electrons. The zero-order chi connectivity index (χ0) is 15.8. The Bertz CT molecular complexity index is 605. The number of methoxy groups -OCH3 is 1. The van der Waals surface area contributed by atoms with Crippen molar-refractivity contribution in [3.63, 3.8) is 0 Å². The Kier molecular flexibility index (Phi) is 7.00. The first-order valence-electron chi connectivity index (χ1n) is 7.05. The van der Waals surface area contributed by atoms with Crippen molar-refractivity contribution < 1.29 is 9.47 Å². The zero-order valence-corrected chi connectivity index (χ0v) is 14.0. The van der Waals surface area contributed by atoms with E-state index >= 15 is 0 Å². The fourth-order valence-corrected chi connectivity index (χ4v) is 2.30. The monoisotopic (exact) mass is 339 g/mol. The van der Waals surface area contributed by atoms with E-state index in [2.05, 4.69) is 5.32 Å². The van der Waals surface area contributed by atoms with Crippen LogP contribution in [-0.2, 0) is 17.9 Å². The third-order valence-electron chi connectivity index (χ3n) is 3.15. The van der Waals surface area contributed by atoms with Crippen LogP contribution in [-0.4, -0.2) is 20.3 Å². The first-order chi connectivity index (χ1) is 10.7. The van der Waals surface area contributed by atoms with E-state index in [1.807, 2.05) is 36.4 Å². The Hall–Kier alpha value is -1.26. The van der Waals surface area contributed by atoms with E-state index in [0.29, 0.717) is 23.3 Å². The topological polar surface area (TPSA) is 30.5 Å². The number of hydrogen-bond acceptors (Lipinski definition) is 3. The van der Waals surface area contributed by atoms with E-state index in [4.69, 9.17) is 32.7 Å². The molecule has 0 aromatic heterocycles. The van der Waals surface area contributed by atoms with Crippen LogP contribution < -0.4 is 10.1 Å². The number of rotatable bonds is 8. The van der Waals surface area contributed by atoms with Gasteiger partial charge in [-0.1, -0.05) is 47.5 Å². The van der Waals surface area contributed by atoms with Crippen molar-refractivity contribution in [3.05, 3.63) is 63.6 Å². The van der Waals surface area contributed by atoms with Crippen molar-refractivity contribution >= 4 is 23.2 Å². The Balaban J connectivity index is 1.95. The molecular weight excluding hydrogens is 321 g/mol. The van der Waals surface area contributed by atoms with Crippen LogP contribution >= 0.6 is 23.2 Å². The fourth-order valence-electron chi connectivity index (χ4n) is 1.98. The summed E-state index contributed by atoms with van der Waals surface area (Å²) >= 11 is 11.9. The van der Waals surface area contributed by atoms with Crippen molar-refractivity contribution in [1.82, 2.24) is 5.32 Å². The molecule has 0 saturated heterocycles. The first-order valence-corrected chi connectivity index (χ1v) is 7.80. The number of nitrogens with one attached hydrogen (secondary N) is 1. The van der Waals surface area contributed by atoms with Gasteiger partial charge in [0.25, 0.3) is 0 Å². The second kappa shape index (κ2) is 9.01. The van der Waals surface area contributed by atoms with E-state index in [1.165, 1.54) is 0 Å². The molecule has 0 saturated carbocycles. The Labute approximate surface area is 141 Å². The molecule has 0 aliphatic carbocycles. The summed E-state index contributed by atoms with van der Waals surface area (Å²) in [7, 11) is 1.69. The highest BCUT2D eigenvalue weighted by atomic mass is 35.5. The van der Waals surface area contributed by atoms with Gasteiger partial charge in [0.2, 0.25) is 0 Å². The van der Waals surface area contributed by atoms with Crippen LogP contribution in [0.5, 0.6) is 5.75 Å². The van der Waals surface area contributed by atoms with Gasteiger partial charge in [0, 0.05) is 25.8 Å². The molecule has 0 bridgehead atoms. The summed E-state index contributed by atoms with van der Waals surface area (Å²) in [5.41, 5.74) is 2.09. The highest BCUT2D eigenvalue weighted by Crippen LogP contribution is 2.24. The van der Waals surface area contributed by atoms with Crippen LogP contribution in [0.1, 0.15) is 11.1 Å². The lowest BCUT2D eigenvalue weighted by molar-refractivity contribution is 0.199. The third kappa shape index (κ3) is 5.18. The van der Waals surface area contributed by atoms with Gasteiger partial charge in [-0.05, 0) is 23.8 Å². The Morgan fingerprint density at radius 2 is 1.86 bits per heavy atom. The first kappa shape index (κ1) is 17.1. The van der Waals surface area contributed by atoms with Gasteiger partial charge in [-0.3, -0.25) is 0 Å². The molecule has 22 heavy (non-hydrogen) atoms. The molecule has 5 heteroatoms. The molecule has 1 N–H and O–H groups in total. The Morgan fingerprint density at radius 1 is 1.05 bits per heavy atom. The van der Waals surface area contributed by atoms with E-state index in [-0.39, 0.29) is 0 Å². The van der Waals surface area contributed by atoms with Gasteiger partial charge in [-0.25, -0.2) is 0 Å². The van der Waals surface area contributed by atoms with Gasteiger partial charge >= 0.3 is 0 Å². The van der Waals surface area contributed by atoms with E-state index in [9.17, 15) is 0 Å². The molecule has 0 fully saturated rings. The molecule has 3 nitrogen and oxygen atoms in total. The van der Waals surface area contributed by atoms with Gasteiger partial charge < -0.3 is 14.8 Å². The van der Waals surface area contributed by atoms with Gasteiger partial charge in [0.05, 0.1) is 16.7 Å². The average Bonchev–Trinajstić information content (AvgIpc) is 2.53. The van der Waals surface area contributed by atoms with Gasteiger partial charge in [0.15, 0.2) is 0 Å². The summed E-state index contributed by atoms with van der Waals surface area (Å²) in [6.45, 7) is 2.68. The third-order valence-corrected chi connectivity index (χ3v) is 3.89. The molecule has 0 radical (unpaired) electrons. The maximum Gasteiger partial charge on any atom is 0.124 e. The maximum atomic E-state index is 6.02. The lowest BCUT2D eigenvalue weighted by atomic mass is 10.2. The largest absolute Gasteiger partial charge is 0.489 e. The fraction of sp³-hybridized carbons (Fsp3) is 0.294. The molecule has 0 unspecified atom stereocenters. The minimum Gasteiger partial charge on any atom is -0.489 e. The standard InChI is InChI=1S/C17H19Cl2NO2/c1-21-9-8-20-11-14-4-2-3-5-17(14)22-12-13-6-7-15(18)16(19)10-13/h2-7,10,20H,8-9,11-12H2,1H3. The average molecular weight is 340 g/mol. The molecule has 2 aromatic carbocycles. The van der Waals surface area contributed by atoms with Crippen molar-refractivity contribution in [2.45, 2.75) is 13.2 Å². The van der Waals surface area contributed by atoms with Crippen LogP contribution in [0.2, 0.25) is 10.0 Å². The second-order valence-corrected chi connectivity index (χ2v) is 5.63. The highest BCUT2D eigenvalue weighted by molar-refractivity contribution is 6.42. The molecule has 2 aromatic rings. The summed E-state index contributed by atoms with van der Waals surface area (Å²) in [5, 5.41) is 4.40. The highest BCUT2D eigenvalue weighted by Gasteiger charge is 2.04. The number of halogens is 2. The van der Waals surface area contributed by atoms with Gasteiger partial charge in [-0.2, -0.15) is 0 Å². The van der Waals surface area contributed by atoms with Crippen molar-refractivity contribution in [2.24, 2.45) is 0 Å². The number of para-hydroxylation sites is 1. The number of benzene rings is 2. The lowest BCUT2D eigenvalue weighted by Crippen LogP contribution is -2.19. The summed E-state index contributed by atoms with van der Waals surface area (Å²) in [5.74, 6) is 0.860. The van der Waals surface area contributed by atoms with Crippen LogP contribution in [0.3, 0.4) is 0 Å². The van der Waals surface area contributed by atoms with E-state index in [0.717, 1.165) is 30.0 Å². The Morgan fingerprint density at radius 3 is 2.64 bits per heavy atom.